The van der Waals surface area contributed by atoms with Crippen molar-refractivity contribution in [1.29, 1.82) is 0 Å². The average molecular weight is 230 g/mol. The minimum absolute atomic E-state index is 0.0547. The monoisotopic (exact) mass is 230 g/mol. The van der Waals surface area contributed by atoms with Crippen LogP contribution in [0.5, 0.6) is 0 Å². The summed E-state index contributed by atoms with van der Waals surface area (Å²) in [5.41, 5.74) is 0. The summed E-state index contributed by atoms with van der Waals surface area (Å²) in [4.78, 5) is 11.8. The van der Waals surface area contributed by atoms with E-state index >= 15 is 0 Å². The largest absolute Gasteiger partial charge is 0.366 e. The topological polar surface area (TPSA) is 50.4 Å². The maximum Gasteiger partial charge on any atom is 0.250 e. The number of nitrogens with one attached hydrogen (secondary N) is 2. The zero-order valence-corrected chi connectivity index (χ0v) is 9.65. The Labute approximate surface area is 94.5 Å². The predicted molar refractivity (Wildman–Crippen MR) is 61.1 cm³/mol. The van der Waals surface area contributed by atoms with Gasteiger partial charge in [0.05, 0.1) is 6.61 Å². The Hall–Kier alpha value is -0.260. The summed E-state index contributed by atoms with van der Waals surface area (Å²) in [6.07, 6.45) is 1.90. The summed E-state index contributed by atoms with van der Waals surface area (Å²) < 4.78 is 5.40. The second-order valence-electron chi connectivity index (χ2n) is 3.96. The van der Waals surface area contributed by atoms with Gasteiger partial charge >= 0.3 is 0 Å². The smallest absolute Gasteiger partial charge is 0.250 e. The molecule has 0 aliphatic carbocycles. The van der Waals surface area contributed by atoms with Crippen molar-refractivity contribution in [1.82, 2.24) is 10.6 Å². The molecular formula is C10H18N2O2S. The van der Waals surface area contributed by atoms with E-state index in [4.69, 9.17) is 4.74 Å². The van der Waals surface area contributed by atoms with Gasteiger partial charge in [-0.05, 0) is 24.3 Å². The first-order chi connectivity index (χ1) is 7.36. The van der Waals surface area contributed by atoms with Gasteiger partial charge < -0.3 is 15.4 Å². The van der Waals surface area contributed by atoms with E-state index in [1.54, 1.807) is 0 Å². The lowest BCUT2D eigenvalue weighted by Crippen LogP contribution is -2.50. The number of rotatable bonds is 2. The maximum atomic E-state index is 11.8. The molecule has 0 aromatic rings. The molecule has 2 aliphatic heterocycles. The van der Waals surface area contributed by atoms with Gasteiger partial charge in [-0.1, -0.05) is 0 Å². The van der Waals surface area contributed by atoms with Crippen LogP contribution < -0.4 is 10.6 Å². The van der Waals surface area contributed by atoms with Crippen molar-refractivity contribution in [2.75, 3.05) is 31.2 Å². The van der Waals surface area contributed by atoms with Crippen LogP contribution >= 0.6 is 11.8 Å². The SMILES string of the molecule is O=C(NC1CCSCC1)C1CNCCO1. The third-order valence-electron chi connectivity index (χ3n) is 2.79. The van der Waals surface area contributed by atoms with E-state index in [9.17, 15) is 4.79 Å². The Bertz CT molecular complexity index is 213. The highest BCUT2D eigenvalue weighted by molar-refractivity contribution is 7.99. The maximum absolute atomic E-state index is 11.8. The highest BCUT2D eigenvalue weighted by atomic mass is 32.2. The molecule has 2 aliphatic rings. The minimum atomic E-state index is -0.284. The molecule has 2 rings (SSSR count). The molecule has 2 N–H and O–H groups in total. The molecule has 0 spiro atoms. The number of hydrogen-bond donors (Lipinski definition) is 2. The molecule has 15 heavy (non-hydrogen) atoms. The average Bonchev–Trinajstić information content (AvgIpc) is 2.31. The van der Waals surface area contributed by atoms with Crippen molar-refractivity contribution < 1.29 is 9.53 Å². The van der Waals surface area contributed by atoms with E-state index in [1.165, 1.54) is 0 Å². The number of ether oxygens (including phenoxy) is 1. The Balaban J connectivity index is 1.74. The predicted octanol–water partition coefficient (Wildman–Crippen LogP) is -0.0134. The quantitative estimate of drug-likeness (QED) is 0.700. The van der Waals surface area contributed by atoms with Gasteiger partial charge in [0.25, 0.3) is 5.91 Å². The number of morpholine rings is 1. The Morgan fingerprint density at radius 2 is 2.20 bits per heavy atom. The second kappa shape index (κ2) is 5.72. The van der Waals surface area contributed by atoms with Crippen molar-refractivity contribution >= 4 is 17.7 Å². The molecule has 0 radical (unpaired) electrons. The van der Waals surface area contributed by atoms with Crippen molar-refractivity contribution in [3.05, 3.63) is 0 Å². The molecule has 1 atom stereocenters. The molecule has 0 bridgehead atoms. The normalized spacial score (nSPS) is 28.7. The van der Waals surface area contributed by atoms with E-state index in [0.717, 1.165) is 30.9 Å². The molecule has 0 aromatic heterocycles. The summed E-state index contributed by atoms with van der Waals surface area (Å²) in [5.74, 6) is 2.38. The number of carbonyl (C=O) groups excluding carboxylic acids is 1. The van der Waals surface area contributed by atoms with Crippen molar-refractivity contribution in [2.45, 2.75) is 25.0 Å². The molecule has 5 heteroatoms. The second-order valence-corrected chi connectivity index (χ2v) is 5.18. The fraction of sp³-hybridized carbons (Fsp3) is 0.900. The Morgan fingerprint density at radius 1 is 1.40 bits per heavy atom. The fourth-order valence-electron chi connectivity index (χ4n) is 1.87. The zero-order valence-electron chi connectivity index (χ0n) is 8.83. The molecule has 1 unspecified atom stereocenters. The summed E-state index contributed by atoms with van der Waals surface area (Å²) in [6.45, 7) is 2.13. The number of hydrogen-bond acceptors (Lipinski definition) is 4. The van der Waals surface area contributed by atoms with Crippen LogP contribution in [0.4, 0.5) is 0 Å². The molecule has 1 amide bonds. The van der Waals surface area contributed by atoms with E-state index in [-0.39, 0.29) is 12.0 Å². The number of thioether (sulfide) groups is 1. The third kappa shape index (κ3) is 3.36. The van der Waals surface area contributed by atoms with Crippen molar-refractivity contribution in [3.63, 3.8) is 0 Å². The van der Waals surface area contributed by atoms with Crippen LogP contribution in [-0.2, 0) is 9.53 Å². The molecule has 4 nitrogen and oxygen atoms in total. The minimum Gasteiger partial charge on any atom is -0.366 e. The Kier molecular flexibility index (Phi) is 4.29. The van der Waals surface area contributed by atoms with Crippen LogP contribution in [-0.4, -0.2) is 49.3 Å². The molecule has 2 heterocycles. The standard InChI is InChI=1S/C10H18N2O2S/c13-10(9-7-11-3-4-14-9)12-8-1-5-15-6-2-8/h8-9,11H,1-7H2,(H,12,13). The molecule has 2 fully saturated rings. The van der Waals surface area contributed by atoms with Gasteiger partial charge in [-0.15, -0.1) is 0 Å². The lowest BCUT2D eigenvalue weighted by Gasteiger charge is -2.27. The van der Waals surface area contributed by atoms with Gasteiger partial charge in [-0.2, -0.15) is 11.8 Å². The van der Waals surface area contributed by atoms with Gasteiger partial charge in [-0.3, -0.25) is 4.79 Å². The lowest BCUT2D eigenvalue weighted by atomic mass is 10.1. The Morgan fingerprint density at radius 3 is 2.87 bits per heavy atom. The van der Waals surface area contributed by atoms with Crippen molar-refractivity contribution in [3.8, 4) is 0 Å². The van der Waals surface area contributed by atoms with Crippen LogP contribution in [0.3, 0.4) is 0 Å². The van der Waals surface area contributed by atoms with Crippen LogP contribution in [0, 0.1) is 0 Å². The summed E-state index contributed by atoms with van der Waals surface area (Å²) in [7, 11) is 0. The zero-order chi connectivity index (χ0) is 10.5. The van der Waals surface area contributed by atoms with Crippen LogP contribution in [0.2, 0.25) is 0 Å². The summed E-state index contributed by atoms with van der Waals surface area (Å²) >= 11 is 1.97. The van der Waals surface area contributed by atoms with Gasteiger partial charge in [0.1, 0.15) is 6.10 Å². The summed E-state index contributed by atoms with van der Waals surface area (Å²) in [5, 5.41) is 6.23. The highest BCUT2D eigenvalue weighted by Crippen LogP contribution is 2.17. The van der Waals surface area contributed by atoms with Crippen molar-refractivity contribution in [2.24, 2.45) is 0 Å². The highest BCUT2D eigenvalue weighted by Gasteiger charge is 2.24. The van der Waals surface area contributed by atoms with E-state index in [0.29, 0.717) is 19.2 Å². The molecule has 2 saturated heterocycles. The van der Waals surface area contributed by atoms with E-state index < -0.39 is 0 Å². The molecule has 0 aromatic carbocycles. The first kappa shape index (κ1) is 11.2. The third-order valence-corrected chi connectivity index (χ3v) is 3.84. The first-order valence-electron chi connectivity index (χ1n) is 5.57. The van der Waals surface area contributed by atoms with Crippen LogP contribution in [0.15, 0.2) is 0 Å². The van der Waals surface area contributed by atoms with Crippen LogP contribution in [0.25, 0.3) is 0 Å². The number of carbonyl (C=O) groups is 1. The fourth-order valence-corrected chi connectivity index (χ4v) is 2.98. The summed E-state index contributed by atoms with van der Waals surface area (Å²) in [6, 6.07) is 0.365. The van der Waals surface area contributed by atoms with E-state index in [1.807, 2.05) is 11.8 Å². The lowest BCUT2D eigenvalue weighted by molar-refractivity contribution is -0.135. The van der Waals surface area contributed by atoms with Gasteiger partial charge in [0.2, 0.25) is 0 Å². The number of amides is 1. The van der Waals surface area contributed by atoms with Crippen LogP contribution in [0.1, 0.15) is 12.8 Å². The first-order valence-corrected chi connectivity index (χ1v) is 6.72. The van der Waals surface area contributed by atoms with E-state index in [2.05, 4.69) is 10.6 Å². The molecular weight excluding hydrogens is 212 g/mol. The van der Waals surface area contributed by atoms with Gasteiger partial charge in [0, 0.05) is 19.1 Å². The molecule has 86 valence electrons. The molecule has 0 saturated carbocycles. The van der Waals surface area contributed by atoms with Gasteiger partial charge in [0.15, 0.2) is 0 Å². The van der Waals surface area contributed by atoms with Gasteiger partial charge in [-0.25, -0.2) is 0 Å².